The lowest BCUT2D eigenvalue weighted by Crippen LogP contribution is -2.34. The van der Waals surface area contributed by atoms with Crippen LogP contribution < -0.4 is 5.32 Å². The van der Waals surface area contributed by atoms with Gasteiger partial charge in [-0.3, -0.25) is 9.59 Å². The van der Waals surface area contributed by atoms with Crippen LogP contribution in [0.5, 0.6) is 0 Å². The zero-order chi connectivity index (χ0) is 12.6. The topological polar surface area (TPSA) is 66.4 Å². The predicted molar refractivity (Wildman–Crippen MR) is 63.2 cm³/mol. The summed E-state index contributed by atoms with van der Waals surface area (Å²) in [4.78, 5) is 21.4. The maximum absolute atomic E-state index is 11.1. The van der Waals surface area contributed by atoms with Crippen LogP contribution in [0, 0.1) is 5.41 Å². The van der Waals surface area contributed by atoms with Gasteiger partial charge in [0, 0.05) is 6.54 Å². The summed E-state index contributed by atoms with van der Waals surface area (Å²) in [6.45, 7) is 6.87. The van der Waals surface area contributed by atoms with Crippen LogP contribution in [0.3, 0.4) is 0 Å². The van der Waals surface area contributed by atoms with E-state index in [9.17, 15) is 9.59 Å². The number of carbonyl (C=O) groups excluding carboxylic acids is 1. The Morgan fingerprint density at radius 1 is 1.25 bits per heavy atom. The van der Waals surface area contributed by atoms with Crippen molar-refractivity contribution in [1.29, 1.82) is 0 Å². The Morgan fingerprint density at radius 3 is 2.38 bits per heavy atom. The Labute approximate surface area is 97.4 Å². The van der Waals surface area contributed by atoms with Crippen molar-refractivity contribution in [3.05, 3.63) is 0 Å². The molecule has 0 bridgehead atoms. The molecule has 0 radical (unpaired) electrons. The van der Waals surface area contributed by atoms with E-state index < -0.39 is 18.3 Å². The number of carboxylic acid groups (broad SMARTS) is 1. The maximum Gasteiger partial charge on any atom is 0.312 e. The number of nitrogens with one attached hydrogen (secondary N) is 1. The van der Waals surface area contributed by atoms with Gasteiger partial charge in [0.2, 0.25) is 5.91 Å². The molecule has 0 aromatic rings. The van der Waals surface area contributed by atoms with E-state index in [0.29, 0.717) is 6.54 Å². The molecule has 0 saturated heterocycles. The van der Waals surface area contributed by atoms with Crippen molar-refractivity contribution in [3.8, 4) is 0 Å². The molecule has 0 aliphatic carbocycles. The van der Waals surface area contributed by atoms with Gasteiger partial charge in [-0.2, -0.15) is 0 Å². The third-order valence-electron chi connectivity index (χ3n) is 2.53. The fraction of sp³-hybridized carbons (Fsp3) is 0.833. The maximum atomic E-state index is 11.1. The number of hydrogen-bond donors (Lipinski definition) is 2. The molecule has 0 atom stereocenters. The summed E-state index contributed by atoms with van der Waals surface area (Å²) in [7, 11) is 0. The predicted octanol–water partition coefficient (Wildman–Crippen LogP) is 2.18. The minimum absolute atomic E-state index is 0.0450. The lowest BCUT2D eigenvalue weighted by Gasteiger charge is -2.24. The van der Waals surface area contributed by atoms with Gasteiger partial charge in [0.05, 0.1) is 0 Å². The third kappa shape index (κ3) is 8.26. The van der Waals surface area contributed by atoms with Crippen molar-refractivity contribution in [2.45, 2.75) is 52.9 Å². The third-order valence-corrected chi connectivity index (χ3v) is 2.53. The average molecular weight is 229 g/mol. The first-order chi connectivity index (χ1) is 7.37. The smallest absolute Gasteiger partial charge is 0.312 e. The van der Waals surface area contributed by atoms with Crippen molar-refractivity contribution in [3.63, 3.8) is 0 Å². The van der Waals surface area contributed by atoms with Gasteiger partial charge in [-0.1, -0.05) is 40.0 Å². The highest BCUT2D eigenvalue weighted by molar-refractivity contribution is 5.93. The van der Waals surface area contributed by atoms with Gasteiger partial charge in [-0.15, -0.1) is 0 Å². The lowest BCUT2D eigenvalue weighted by molar-refractivity contribution is -0.140. The zero-order valence-corrected chi connectivity index (χ0v) is 10.5. The van der Waals surface area contributed by atoms with E-state index in [1.54, 1.807) is 0 Å². The zero-order valence-electron chi connectivity index (χ0n) is 10.5. The van der Waals surface area contributed by atoms with Crippen molar-refractivity contribution < 1.29 is 14.7 Å². The molecule has 0 aliphatic rings. The van der Waals surface area contributed by atoms with E-state index in [0.717, 1.165) is 12.8 Å². The number of aliphatic carboxylic acids is 1. The molecule has 4 heteroatoms. The molecule has 0 heterocycles. The van der Waals surface area contributed by atoms with Crippen LogP contribution in [0.25, 0.3) is 0 Å². The second-order valence-corrected chi connectivity index (χ2v) is 4.97. The van der Waals surface area contributed by atoms with Gasteiger partial charge in [-0.05, 0) is 11.8 Å². The van der Waals surface area contributed by atoms with Crippen LogP contribution in [0.2, 0.25) is 0 Å². The van der Waals surface area contributed by atoms with Crippen molar-refractivity contribution in [2.24, 2.45) is 5.41 Å². The number of unbranched alkanes of at least 4 members (excludes halogenated alkanes) is 2. The van der Waals surface area contributed by atoms with Gasteiger partial charge >= 0.3 is 5.97 Å². The molecule has 0 unspecified atom stereocenters. The molecule has 2 N–H and O–H groups in total. The highest BCUT2D eigenvalue weighted by Crippen LogP contribution is 2.22. The molecule has 0 fully saturated rings. The SMILES string of the molecule is CCCCCC(C)(C)CNC(=O)CC(=O)O. The first-order valence-corrected chi connectivity index (χ1v) is 5.86. The molecule has 0 aliphatic heterocycles. The Morgan fingerprint density at radius 2 is 1.88 bits per heavy atom. The van der Waals surface area contributed by atoms with Crippen LogP contribution in [-0.4, -0.2) is 23.5 Å². The molecule has 0 aromatic carbocycles. The summed E-state index contributed by atoms with van der Waals surface area (Å²) < 4.78 is 0. The fourth-order valence-corrected chi connectivity index (χ4v) is 1.48. The second kappa shape index (κ2) is 7.25. The van der Waals surface area contributed by atoms with E-state index in [1.165, 1.54) is 12.8 Å². The Bertz CT molecular complexity index is 236. The summed E-state index contributed by atoms with van der Waals surface area (Å²) in [6, 6.07) is 0. The Balaban J connectivity index is 3.79. The molecule has 4 nitrogen and oxygen atoms in total. The number of amides is 1. The highest BCUT2D eigenvalue weighted by atomic mass is 16.4. The van der Waals surface area contributed by atoms with Gasteiger partial charge < -0.3 is 10.4 Å². The summed E-state index contributed by atoms with van der Waals surface area (Å²) in [5.74, 6) is -1.49. The monoisotopic (exact) mass is 229 g/mol. The first kappa shape index (κ1) is 14.9. The minimum atomic E-state index is -1.08. The van der Waals surface area contributed by atoms with Crippen LogP contribution >= 0.6 is 0 Å². The largest absolute Gasteiger partial charge is 0.481 e. The Hall–Kier alpha value is -1.06. The van der Waals surface area contributed by atoms with Gasteiger partial charge in [0.1, 0.15) is 6.42 Å². The average Bonchev–Trinajstić information content (AvgIpc) is 2.14. The normalized spacial score (nSPS) is 11.2. The summed E-state index contributed by atoms with van der Waals surface area (Å²) in [5.41, 5.74) is 0.0450. The fourth-order valence-electron chi connectivity index (χ4n) is 1.48. The van der Waals surface area contributed by atoms with E-state index in [1.807, 2.05) is 0 Å². The standard InChI is InChI=1S/C12H23NO3/c1-4-5-6-7-12(2,3)9-13-10(14)8-11(15)16/h4-9H2,1-3H3,(H,13,14)(H,15,16). The highest BCUT2D eigenvalue weighted by Gasteiger charge is 2.18. The van der Waals surface area contributed by atoms with Crippen LogP contribution in [0.4, 0.5) is 0 Å². The van der Waals surface area contributed by atoms with Crippen molar-refractivity contribution >= 4 is 11.9 Å². The summed E-state index contributed by atoms with van der Waals surface area (Å²) in [6.07, 6.45) is 4.14. The molecule has 0 aromatic heterocycles. The summed E-state index contributed by atoms with van der Waals surface area (Å²) in [5, 5.41) is 11.1. The van der Waals surface area contributed by atoms with Gasteiger partial charge in [0.25, 0.3) is 0 Å². The van der Waals surface area contributed by atoms with Crippen LogP contribution in [0.15, 0.2) is 0 Å². The number of hydrogen-bond acceptors (Lipinski definition) is 2. The molecule has 1 amide bonds. The lowest BCUT2D eigenvalue weighted by atomic mass is 9.87. The molecule has 0 rings (SSSR count). The van der Waals surface area contributed by atoms with E-state index in [4.69, 9.17) is 5.11 Å². The molecule has 94 valence electrons. The first-order valence-electron chi connectivity index (χ1n) is 5.86. The Kier molecular flexibility index (Phi) is 6.77. The number of carboxylic acids is 1. The second-order valence-electron chi connectivity index (χ2n) is 4.97. The van der Waals surface area contributed by atoms with Gasteiger partial charge in [-0.25, -0.2) is 0 Å². The molecular weight excluding hydrogens is 206 g/mol. The van der Waals surface area contributed by atoms with Crippen LogP contribution in [0.1, 0.15) is 52.9 Å². The van der Waals surface area contributed by atoms with E-state index in [-0.39, 0.29) is 5.41 Å². The van der Waals surface area contributed by atoms with Crippen molar-refractivity contribution in [1.82, 2.24) is 5.32 Å². The minimum Gasteiger partial charge on any atom is -0.481 e. The molecule has 0 spiro atoms. The number of carbonyl (C=O) groups is 2. The number of rotatable bonds is 8. The van der Waals surface area contributed by atoms with Crippen molar-refractivity contribution in [2.75, 3.05) is 6.54 Å². The van der Waals surface area contributed by atoms with E-state index in [2.05, 4.69) is 26.1 Å². The van der Waals surface area contributed by atoms with E-state index >= 15 is 0 Å². The quantitative estimate of drug-likeness (QED) is 0.495. The van der Waals surface area contributed by atoms with Crippen LogP contribution in [-0.2, 0) is 9.59 Å². The van der Waals surface area contributed by atoms with Gasteiger partial charge in [0.15, 0.2) is 0 Å². The molecular formula is C12H23NO3. The molecule has 0 saturated carbocycles. The summed E-state index contributed by atoms with van der Waals surface area (Å²) >= 11 is 0. The molecule has 16 heavy (non-hydrogen) atoms.